The highest BCUT2D eigenvalue weighted by Gasteiger charge is 2.55. The molecule has 4 saturated heterocycles. The van der Waals surface area contributed by atoms with Crippen LogP contribution in [0, 0.1) is 38.9 Å². The molecule has 2 amide bonds. The van der Waals surface area contributed by atoms with E-state index in [1.165, 1.54) is 12.1 Å². The van der Waals surface area contributed by atoms with E-state index in [9.17, 15) is 28.3 Å². The number of halogens is 5. The summed E-state index contributed by atoms with van der Waals surface area (Å²) in [5.74, 6) is -1.15. The predicted octanol–water partition coefficient (Wildman–Crippen LogP) is 8.49. The number of carbonyl (C=O) groups is 3. The Morgan fingerprint density at radius 2 is 1.19 bits per heavy atom. The summed E-state index contributed by atoms with van der Waals surface area (Å²) in [6, 6.07) is 9.75. The van der Waals surface area contributed by atoms with Crippen LogP contribution in [-0.4, -0.2) is 119 Å². The standard InChI is InChI=1S/C21H28BrFN2O3.C15H24N2O3.C6H3BrFI/c1-5-8-24-10-14-12-25(19(26)28-20(2,3)4)13-15(11-24)21(14,27)17-7-6-16(22)9-18(17)23;1-5-6-16-7-11-9-17(10-12(8-16)13(11)18)14(19)20-15(2,3)4;7-4-1-2-6(9)5(8)3-4/h5-7,9,14-15,27H,1,8,10-13H2,2-4H3;5,11-12H,1,6-10H2,2-4H3;1-3H. The number of ketones is 1. The van der Waals surface area contributed by atoms with Gasteiger partial charge in [0.15, 0.2) is 0 Å². The first-order valence-corrected chi connectivity index (χ1v) is 21.7. The zero-order valence-electron chi connectivity index (χ0n) is 33.6. The van der Waals surface area contributed by atoms with Crippen LogP contribution in [0.25, 0.3) is 0 Å². The largest absolute Gasteiger partial charge is 0.444 e. The van der Waals surface area contributed by atoms with Crippen molar-refractivity contribution in [2.24, 2.45) is 23.7 Å². The minimum absolute atomic E-state index is 0.0880. The average molecular weight is 1040 g/mol. The Kier molecular flexibility index (Phi) is 16.4. The van der Waals surface area contributed by atoms with Crippen molar-refractivity contribution in [3.8, 4) is 0 Å². The average Bonchev–Trinajstić information content (AvgIpc) is 3.06. The molecule has 0 aromatic heterocycles. The molecule has 314 valence electrons. The molecule has 6 rings (SSSR count). The molecule has 4 unspecified atom stereocenters. The first-order chi connectivity index (χ1) is 26.5. The normalized spacial score (nSPS) is 24.9. The van der Waals surface area contributed by atoms with Gasteiger partial charge in [-0.3, -0.25) is 14.6 Å². The van der Waals surface area contributed by atoms with Crippen molar-refractivity contribution in [2.75, 3.05) is 65.4 Å². The van der Waals surface area contributed by atoms with Crippen molar-refractivity contribution in [1.82, 2.24) is 19.6 Å². The van der Waals surface area contributed by atoms with E-state index in [-0.39, 0.29) is 35.6 Å². The molecule has 15 heteroatoms. The first-order valence-electron chi connectivity index (χ1n) is 19.0. The summed E-state index contributed by atoms with van der Waals surface area (Å²) < 4.78 is 40.3. The number of aliphatic hydroxyl groups is 1. The molecule has 0 aliphatic carbocycles. The molecule has 4 bridgehead atoms. The lowest BCUT2D eigenvalue weighted by molar-refractivity contribution is -0.162. The fourth-order valence-electron chi connectivity index (χ4n) is 7.76. The van der Waals surface area contributed by atoms with E-state index in [2.05, 4.69) is 54.8 Å². The van der Waals surface area contributed by atoms with Crippen LogP contribution in [0.3, 0.4) is 0 Å². The van der Waals surface area contributed by atoms with E-state index in [4.69, 9.17) is 9.47 Å². The molecule has 4 atom stereocenters. The van der Waals surface area contributed by atoms with Gasteiger partial charge in [0, 0.05) is 107 Å². The van der Waals surface area contributed by atoms with Crippen molar-refractivity contribution >= 4 is 72.4 Å². The van der Waals surface area contributed by atoms with Crippen molar-refractivity contribution in [3.63, 3.8) is 0 Å². The van der Waals surface area contributed by atoms with Gasteiger partial charge in [-0.2, -0.15) is 0 Å². The second kappa shape index (κ2) is 19.7. The van der Waals surface area contributed by atoms with Crippen LogP contribution in [0.1, 0.15) is 47.1 Å². The van der Waals surface area contributed by atoms with E-state index in [0.717, 1.165) is 11.0 Å². The molecule has 10 nitrogen and oxygen atoms in total. The van der Waals surface area contributed by atoms with E-state index < -0.39 is 28.7 Å². The summed E-state index contributed by atoms with van der Waals surface area (Å²) in [4.78, 5) is 44.7. The Morgan fingerprint density at radius 1 is 0.772 bits per heavy atom. The van der Waals surface area contributed by atoms with Crippen molar-refractivity contribution in [3.05, 3.63) is 91.4 Å². The molecule has 4 heterocycles. The number of hydrogen-bond acceptors (Lipinski definition) is 8. The van der Waals surface area contributed by atoms with Gasteiger partial charge >= 0.3 is 12.2 Å². The topological polar surface area (TPSA) is 103 Å². The van der Waals surface area contributed by atoms with Gasteiger partial charge in [-0.25, -0.2) is 18.4 Å². The lowest BCUT2D eigenvalue weighted by Crippen LogP contribution is -2.66. The summed E-state index contributed by atoms with van der Waals surface area (Å²) in [5.41, 5.74) is -2.12. The Labute approximate surface area is 366 Å². The monoisotopic (exact) mass is 1030 g/mol. The van der Waals surface area contributed by atoms with Crippen molar-refractivity contribution in [2.45, 2.75) is 58.3 Å². The van der Waals surface area contributed by atoms with Gasteiger partial charge in [0.2, 0.25) is 0 Å². The maximum Gasteiger partial charge on any atom is 0.410 e. The molecule has 0 saturated carbocycles. The fraction of sp³-hybridized carbons (Fsp3) is 0.548. The molecular weight excluding hydrogens is 981 g/mol. The Bertz CT molecular complexity index is 1760. The molecule has 57 heavy (non-hydrogen) atoms. The second-order valence-electron chi connectivity index (χ2n) is 17.0. The van der Waals surface area contributed by atoms with Crippen LogP contribution in [0.2, 0.25) is 0 Å². The van der Waals surface area contributed by atoms with Crippen LogP contribution in [0.5, 0.6) is 0 Å². The number of Topliss-reactive ketones (excluding diaryl/α,β-unsaturated/α-hetero) is 1. The Hall–Kier alpha value is -2.44. The number of rotatable bonds is 5. The summed E-state index contributed by atoms with van der Waals surface area (Å²) in [5, 5.41) is 11.7. The number of carbonyl (C=O) groups excluding carboxylic acids is 3. The van der Waals surface area contributed by atoms with Gasteiger partial charge in [0.05, 0.1) is 0 Å². The number of piperidine rings is 4. The zero-order chi connectivity index (χ0) is 42.5. The minimum atomic E-state index is -1.33. The SMILES string of the molecule is C=CCN1CC2CN(C(=O)OC(C)(C)C)CC(C1)C2(O)c1ccc(Br)cc1F.C=CCN1CC2CN(C(=O)OC(C)(C)C)CC(C1)C2=O.Fc1cc(Br)ccc1I. The van der Waals surface area contributed by atoms with Gasteiger partial charge in [-0.1, -0.05) is 50.1 Å². The van der Waals surface area contributed by atoms with Crippen LogP contribution >= 0.6 is 54.5 Å². The number of nitrogens with zero attached hydrogens (tertiary/aromatic N) is 4. The van der Waals surface area contributed by atoms with Crippen LogP contribution in [0.4, 0.5) is 18.4 Å². The predicted molar refractivity (Wildman–Crippen MR) is 233 cm³/mol. The number of ether oxygens (including phenoxy) is 2. The summed E-state index contributed by atoms with van der Waals surface area (Å²) in [6.45, 7) is 24.2. The van der Waals surface area contributed by atoms with Gasteiger partial charge in [0.1, 0.15) is 34.2 Å². The quantitative estimate of drug-likeness (QED) is 0.181. The second-order valence-corrected chi connectivity index (χ2v) is 20.0. The van der Waals surface area contributed by atoms with Gasteiger partial charge < -0.3 is 24.4 Å². The van der Waals surface area contributed by atoms with Crippen LogP contribution in [0.15, 0.2) is 70.7 Å². The van der Waals surface area contributed by atoms with Gasteiger partial charge in [0.25, 0.3) is 0 Å². The molecule has 0 radical (unpaired) electrons. The Morgan fingerprint density at radius 3 is 1.60 bits per heavy atom. The molecule has 2 aromatic carbocycles. The number of amides is 2. The van der Waals surface area contributed by atoms with E-state index >= 15 is 0 Å². The molecule has 2 aromatic rings. The number of fused-ring (bicyclic) bond motifs is 4. The van der Waals surface area contributed by atoms with Crippen molar-refractivity contribution in [1.29, 1.82) is 0 Å². The minimum Gasteiger partial charge on any atom is -0.444 e. The van der Waals surface area contributed by atoms with Crippen LogP contribution < -0.4 is 0 Å². The maximum atomic E-state index is 14.8. The highest BCUT2D eigenvalue weighted by atomic mass is 127. The summed E-state index contributed by atoms with van der Waals surface area (Å²) >= 11 is 8.37. The Balaban J connectivity index is 0.000000215. The van der Waals surface area contributed by atoms with E-state index in [0.29, 0.717) is 78.3 Å². The molecule has 4 aliphatic rings. The molecule has 1 N–H and O–H groups in total. The van der Waals surface area contributed by atoms with E-state index in [1.807, 2.05) is 82.4 Å². The van der Waals surface area contributed by atoms with Crippen molar-refractivity contribution < 1.29 is 37.7 Å². The fourth-order valence-corrected chi connectivity index (χ4v) is 8.76. The third kappa shape index (κ3) is 12.8. The third-order valence-electron chi connectivity index (χ3n) is 10.0. The van der Waals surface area contributed by atoms with Gasteiger partial charge in [-0.05, 0) is 94.5 Å². The highest BCUT2D eigenvalue weighted by Crippen LogP contribution is 2.46. The van der Waals surface area contributed by atoms with Gasteiger partial charge in [-0.15, -0.1) is 13.2 Å². The molecule has 0 spiro atoms. The molecule has 4 fully saturated rings. The number of benzene rings is 2. The van der Waals surface area contributed by atoms with E-state index in [1.54, 1.807) is 28.0 Å². The first kappa shape index (κ1) is 47.2. The molecular formula is C42H55Br2F2IN4O6. The highest BCUT2D eigenvalue weighted by molar-refractivity contribution is 14.1. The maximum absolute atomic E-state index is 14.8. The lowest BCUT2D eigenvalue weighted by atomic mass is 9.66. The zero-order valence-corrected chi connectivity index (χ0v) is 38.9. The van der Waals surface area contributed by atoms with Crippen LogP contribution in [-0.2, 0) is 19.9 Å². The third-order valence-corrected chi connectivity index (χ3v) is 11.9. The number of hydrogen-bond donors (Lipinski definition) is 1. The lowest BCUT2D eigenvalue weighted by Gasteiger charge is -2.55. The summed E-state index contributed by atoms with van der Waals surface area (Å²) in [7, 11) is 0. The summed E-state index contributed by atoms with van der Waals surface area (Å²) in [6.07, 6.45) is 2.98. The molecule has 4 aliphatic heterocycles. The number of likely N-dealkylation sites (tertiary alicyclic amines) is 4. The smallest absolute Gasteiger partial charge is 0.410 e.